The van der Waals surface area contributed by atoms with Gasteiger partial charge in [0.1, 0.15) is 9.84 Å². The normalized spacial score (nSPS) is 13.2. The molecule has 0 saturated heterocycles. The molecular formula is C9H22N2O4S2. The van der Waals surface area contributed by atoms with Gasteiger partial charge < -0.3 is 5.73 Å². The van der Waals surface area contributed by atoms with Crippen LogP contribution in [0.2, 0.25) is 0 Å². The van der Waals surface area contributed by atoms with Crippen molar-refractivity contribution in [3.8, 4) is 0 Å². The summed E-state index contributed by atoms with van der Waals surface area (Å²) >= 11 is 0. The van der Waals surface area contributed by atoms with Crippen molar-refractivity contribution in [3.63, 3.8) is 0 Å². The zero-order chi connectivity index (χ0) is 13.5. The lowest BCUT2D eigenvalue weighted by Crippen LogP contribution is -2.32. The van der Waals surface area contributed by atoms with Gasteiger partial charge in [0.05, 0.1) is 11.5 Å². The minimum Gasteiger partial charge on any atom is -0.330 e. The molecule has 2 N–H and O–H groups in total. The minimum atomic E-state index is -3.46. The third-order valence-corrected chi connectivity index (χ3v) is 5.42. The van der Waals surface area contributed by atoms with Gasteiger partial charge in [-0.15, -0.1) is 0 Å². The molecule has 17 heavy (non-hydrogen) atoms. The molecule has 0 aromatic carbocycles. The van der Waals surface area contributed by atoms with E-state index in [2.05, 4.69) is 0 Å². The molecule has 8 heteroatoms. The summed E-state index contributed by atoms with van der Waals surface area (Å²) in [6.45, 7) is 1.01. The Labute approximate surface area is 104 Å². The molecule has 0 unspecified atom stereocenters. The van der Waals surface area contributed by atoms with E-state index < -0.39 is 19.9 Å². The molecule has 104 valence electrons. The highest BCUT2D eigenvalue weighted by molar-refractivity contribution is 7.93. The summed E-state index contributed by atoms with van der Waals surface area (Å²) in [4.78, 5) is 0. The lowest BCUT2D eigenvalue weighted by Gasteiger charge is -2.16. The topological polar surface area (TPSA) is 97.5 Å². The average Bonchev–Trinajstić information content (AvgIpc) is 2.20. The summed E-state index contributed by atoms with van der Waals surface area (Å²) in [6, 6.07) is 0. The molecule has 0 radical (unpaired) electrons. The van der Waals surface area contributed by atoms with E-state index in [1.165, 1.54) is 11.4 Å². The first kappa shape index (κ1) is 16.8. The van der Waals surface area contributed by atoms with Gasteiger partial charge in [0, 0.05) is 19.8 Å². The average molecular weight is 286 g/mol. The van der Waals surface area contributed by atoms with Crippen molar-refractivity contribution >= 4 is 19.9 Å². The SMILES string of the molecule is CN(CCCCCN)S(=O)(=O)CCS(C)(=O)=O. The Kier molecular flexibility index (Phi) is 7.22. The van der Waals surface area contributed by atoms with Crippen LogP contribution in [0.5, 0.6) is 0 Å². The fourth-order valence-electron chi connectivity index (χ4n) is 1.21. The van der Waals surface area contributed by atoms with E-state index in [1.807, 2.05) is 0 Å². The molecule has 0 saturated carbocycles. The van der Waals surface area contributed by atoms with Gasteiger partial charge in [-0.05, 0) is 19.4 Å². The fraction of sp³-hybridized carbons (Fsp3) is 1.00. The summed E-state index contributed by atoms with van der Waals surface area (Å²) in [5.41, 5.74) is 5.33. The Bertz CT molecular complexity index is 403. The molecule has 0 aliphatic carbocycles. The Hall–Kier alpha value is -0.180. The second-order valence-electron chi connectivity index (χ2n) is 4.12. The Morgan fingerprint density at radius 3 is 2.06 bits per heavy atom. The molecule has 0 bridgehead atoms. The van der Waals surface area contributed by atoms with Gasteiger partial charge in [-0.1, -0.05) is 6.42 Å². The summed E-state index contributed by atoms with van der Waals surface area (Å²) in [5, 5.41) is 0. The molecule has 0 aliphatic heterocycles. The van der Waals surface area contributed by atoms with E-state index in [-0.39, 0.29) is 11.5 Å². The monoisotopic (exact) mass is 286 g/mol. The Balaban J connectivity index is 4.12. The summed E-state index contributed by atoms with van der Waals surface area (Å²) in [7, 11) is -5.23. The highest BCUT2D eigenvalue weighted by Gasteiger charge is 2.19. The van der Waals surface area contributed by atoms with Crippen molar-refractivity contribution in [2.45, 2.75) is 19.3 Å². The van der Waals surface area contributed by atoms with Crippen molar-refractivity contribution in [1.29, 1.82) is 0 Å². The fourth-order valence-corrected chi connectivity index (χ4v) is 3.98. The van der Waals surface area contributed by atoms with Gasteiger partial charge in [-0.25, -0.2) is 21.1 Å². The molecule has 0 aromatic heterocycles. The predicted octanol–water partition coefficient (Wildman–Crippen LogP) is -0.578. The highest BCUT2D eigenvalue weighted by Crippen LogP contribution is 2.03. The maximum Gasteiger partial charge on any atom is 0.214 e. The maximum atomic E-state index is 11.7. The first-order valence-electron chi connectivity index (χ1n) is 5.51. The van der Waals surface area contributed by atoms with E-state index in [9.17, 15) is 16.8 Å². The van der Waals surface area contributed by atoms with Crippen LogP contribution in [0.25, 0.3) is 0 Å². The van der Waals surface area contributed by atoms with Crippen LogP contribution in [0.4, 0.5) is 0 Å². The van der Waals surface area contributed by atoms with Crippen molar-refractivity contribution in [1.82, 2.24) is 4.31 Å². The zero-order valence-electron chi connectivity index (χ0n) is 10.4. The number of unbranched alkanes of at least 4 members (excludes halogenated alkanes) is 2. The molecule has 0 aliphatic rings. The zero-order valence-corrected chi connectivity index (χ0v) is 12.1. The van der Waals surface area contributed by atoms with Crippen molar-refractivity contribution in [2.24, 2.45) is 5.73 Å². The van der Waals surface area contributed by atoms with Crippen LogP contribution in [0.15, 0.2) is 0 Å². The number of nitrogens with zero attached hydrogens (tertiary/aromatic N) is 1. The second kappa shape index (κ2) is 7.30. The Morgan fingerprint density at radius 2 is 1.59 bits per heavy atom. The lowest BCUT2D eigenvalue weighted by molar-refractivity contribution is 0.453. The third-order valence-electron chi connectivity index (χ3n) is 2.36. The van der Waals surface area contributed by atoms with Gasteiger partial charge >= 0.3 is 0 Å². The summed E-state index contributed by atoms with van der Waals surface area (Å²) in [6.07, 6.45) is 3.52. The van der Waals surface area contributed by atoms with Crippen LogP contribution in [0.3, 0.4) is 0 Å². The predicted molar refractivity (Wildman–Crippen MR) is 69.0 cm³/mol. The molecule has 0 fully saturated rings. The molecule has 0 rings (SSSR count). The number of hydrogen-bond acceptors (Lipinski definition) is 5. The Morgan fingerprint density at radius 1 is 1.00 bits per heavy atom. The minimum absolute atomic E-state index is 0.331. The first-order valence-corrected chi connectivity index (χ1v) is 9.18. The maximum absolute atomic E-state index is 11.7. The third kappa shape index (κ3) is 8.53. The quantitative estimate of drug-likeness (QED) is 0.572. The van der Waals surface area contributed by atoms with E-state index >= 15 is 0 Å². The molecule has 0 spiro atoms. The molecule has 0 aromatic rings. The molecule has 0 atom stereocenters. The van der Waals surface area contributed by atoms with Crippen LogP contribution >= 0.6 is 0 Å². The van der Waals surface area contributed by atoms with Gasteiger partial charge in [0.15, 0.2) is 0 Å². The largest absolute Gasteiger partial charge is 0.330 e. The van der Waals surface area contributed by atoms with Gasteiger partial charge in [-0.2, -0.15) is 0 Å². The van der Waals surface area contributed by atoms with E-state index in [4.69, 9.17) is 5.73 Å². The van der Waals surface area contributed by atoms with Crippen LogP contribution in [-0.4, -0.2) is 59.0 Å². The molecule has 0 amide bonds. The number of rotatable bonds is 9. The van der Waals surface area contributed by atoms with Gasteiger partial charge in [0.2, 0.25) is 10.0 Å². The van der Waals surface area contributed by atoms with Crippen LogP contribution in [0.1, 0.15) is 19.3 Å². The van der Waals surface area contributed by atoms with Crippen molar-refractivity contribution in [3.05, 3.63) is 0 Å². The van der Waals surface area contributed by atoms with Crippen molar-refractivity contribution in [2.75, 3.05) is 37.9 Å². The first-order chi connectivity index (χ1) is 7.69. The van der Waals surface area contributed by atoms with E-state index in [0.29, 0.717) is 13.1 Å². The van der Waals surface area contributed by atoms with Gasteiger partial charge in [-0.3, -0.25) is 0 Å². The van der Waals surface area contributed by atoms with Crippen LogP contribution in [0, 0.1) is 0 Å². The number of hydrogen-bond donors (Lipinski definition) is 1. The second-order valence-corrected chi connectivity index (χ2v) is 8.57. The molecule has 6 nitrogen and oxygen atoms in total. The summed E-state index contributed by atoms with van der Waals surface area (Å²) < 4.78 is 46.4. The highest BCUT2D eigenvalue weighted by atomic mass is 32.2. The van der Waals surface area contributed by atoms with Crippen molar-refractivity contribution < 1.29 is 16.8 Å². The number of sulfone groups is 1. The van der Waals surface area contributed by atoms with E-state index in [1.54, 1.807) is 0 Å². The molecular weight excluding hydrogens is 264 g/mol. The van der Waals surface area contributed by atoms with Crippen LogP contribution < -0.4 is 5.73 Å². The lowest BCUT2D eigenvalue weighted by atomic mass is 10.2. The number of sulfonamides is 1. The standard InChI is InChI=1S/C9H22N2O4S2/c1-11(7-5-3-4-6-10)17(14,15)9-8-16(2,12)13/h3-10H2,1-2H3. The number of nitrogens with two attached hydrogens (primary N) is 1. The smallest absolute Gasteiger partial charge is 0.214 e. The van der Waals surface area contributed by atoms with Crippen LogP contribution in [-0.2, 0) is 19.9 Å². The summed E-state index contributed by atoms with van der Waals surface area (Å²) in [5.74, 6) is -0.679. The van der Waals surface area contributed by atoms with Gasteiger partial charge in [0.25, 0.3) is 0 Å². The van der Waals surface area contributed by atoms with E-state index in [0.717, 1.165) is 25.5 Å². The molecule has 0 heterocycles.